The van der Waals surface area contributed by atoms with E-state index in [9.17, 15) is 0 Å². The molecule has 1 aromatic carbocycles. The summed E-state index contributed by atoms with van der Waals surface area (Å²) < 4.78 is 22.7. The summed E-state index contributed by atoms with van der Waals surface area (Å²) in [5.74, 6) is 0. The Morgan fingerprint density at radius 1 is 0.792 bits per heavy atom. The van der Waals surface area contributed by atoms with Gasteiger partial charge in [0.05, 0.1) is 52.9 Å². The summed E-state index contributed by atoms with van der Waals surface area (Å²) >= 11 is 0. The van der Waals surface area contributed by atoms with Crippen molar-refractivity contribution in [3.8, 4) is 0 Å². The average Bonchev–Trinajstić information content (AvgIpc) is 2.54. The average molecular weight is 334 g/mol. The molecule has 134 valence electrons. The van der Waals surface area contributed by atoms with E-state index >= 15 is 0 Å². The third-order valence-corrected chi connectivity index (χ3v) is 5.58. The molecule has 1 aromatic rings. The van der Waals surface area contributed by atoms with E-state index in [1.54, 1.807) is 0 Å². The Labute approximate surface area is 145 Å². The molecule has 0 aromatic heterocycles. The van der Waals surface area contributed by atoms with Crippen molar-refractivity contribution in [2.75, 3.05) is 39.6 Å². The van der Waals surface area contributed by atoms with Crippen LogP contribution >= 0.6 is 0 Å². The SMILES string of the molecule is CCC1(COCc2ccccc2COCC2(CC)COC2)COC1. The predicted molar refractivity (Wildman–Crippen MR) is 92.8 cm³/mol. The molecular formula is C20H30O4. The number of hydrogen-bond acceptors (Lipinski definition) is 4. The van der Waals surface area contributed by atoms with E-state index in [4.69, 9.17) is 18.9 Å². The van der Waals surface area contributed by atoms with Crippen molar-refractivity contribution in [2.45, 2.75) is 39.9 Å². The van der Waals surface area contributed by atoms with Crippen LogP contribution < -0.4 is 0 Å². The molecule has 0 amide bonds. The molecule has 0 unspecified atom stereocenters. The van der Waals surface area contributed by atoms with Crippen LogP contribution in [-0.2, 0) is 32.2 Å². The lowest BCUT2D eigenvalue weighted by molar-refractivity contribution is -0.154. The summed E-state index contributed by atoms with van der Waals surface area (Å²) in [6, 6.07) is 8.41. The molecule has 0 atom stereocenters. The van der Waals surface area contributed by atoms with Gasteiger partial charge in [0.25, 0.3) is 0 Å². The Hall–Kier alpha value is -0.940. The van der Waals surface area contributed by atoms with E-state index in [1.165, 1.54) is 11.1 Å². The molecule has 0 spiro atoms. The first-order chi connectivity index (χ1) is 11.7. The van der Waals surface area contributed by atoms with Gasteiger partial charge in [-0.25, -0.2) is 0 Å². The van der Waals surface area contributed by atoms with Gasteiger partial charge in [0.2, 0.25) is 0 Å². The van der Waals surface area contributed by atoms with Crippen LogP contribution in [0, 0.1) is 10.8 Å². The normalized spacial score (nSPS) is 21.1. The van der Waals surface area contributed by atoms with Gasteiger partial charge in [-0.2, -0.15) is 0 Å². The molecule has 4 heteroatoms. The van der Waals surface area contributed by atoms with Crippen molar-refractivity contribution in [3.05, 3.63) is 35.4 Å². The van der Waals surface area contributed by atoms with Gasteiger partial charge < -0.3 is 18.9 Å². The summed E-state index contributed by atoms with van der Waals surface area (Å²) in [6.07, 6.45) is 2.22. The lowest BCUT2D eigenvalue weighted by atomic mass is 9.84. The molecule has 2 aliphatic heterocycles. The zero-order chi connectivity index (χ0) is 16.9. The zero-order valence-corrected chi connectivity index (χ0v) is 15.0. The van der Waals surface area contributed by atoms with E-state index in [2.05, 4.69) is 38.1 Å². The van der Waals surface area contributed by atoms with Crippen LogP contribution in [0.3, 0.4) is 0 Å². The van der Waals surface area contributed by atoms with Gasteiger partial charge in [-0.3, -0.25) is 0 Å². The Kier molecular flexibility index (Phi) is 5.93. The molecule has 24 heavy (non-hydrogen) atoms. The monoisotopic (exact) mass is 334 g/mol. The van der Waals surface area contributed by atoms with Crippen LogP contribution in [0.1, 0.15) is 37.8 Å². The number of ether oxygens (including phenoxy) is 4. The first-order valence-corrected chi connectivity index (χ1v) is 9.09. The standard InChI is InChI=1S/C20H30O4/c1-3-19(13-23-14-19)11-21-9-17-7-5-6-8-18(17)10-22-12-20(4-2)15-24-16-20/h5-8H,3-4,9-16H2,1-2H3. The van der Waals surface area contributed by atoms with Crippen molar-refractivity contribution in [1.82, 2.24) is 0 Å². The van der Waals surface area contributed by atoms with E-state index in [0.717, 1.165) is 52.5 Å². The van der Waals surface area contributed by atoms with E-state index in [-0.39, 0.29) is 10.8 Å². The van der Waals surface area contributed by atoms with Crippen molar-refractivity contribution >= 4 is 0 Å². The minimum atomic E-state index is 0.239. The number of hydrogen-bond donors (Lipinski definition) is 0. The lowest BCUT2D eigenvalue weighted by Crippen LogP contribution is -2.45. The third kappa shape index (κ3) is 3.99. The van der Waals surface area contributed by atoms with Crippen LogP contribution in [0.15, 0.2) is 24.3 Å². The van der Waals surface area contributed by atoms with Crippen LogP contribution in [0.5, 0.6) is 0 Å². The highest BCUT2D eigenvalue weighted by Gasteiger charge is 2.37. The molecule has 4 nitrogen and oxygen atoms in total. The van der Waals surface area contributed by atoms with Crippen LogP contribution in [0.2, 0.25) is 0 Å². The van der Waals surface area contributed by atoms with Crippen LogP contribution in [0.25, 0.3) is 0 Å². The number of rotatable bonds is 10. The lowest BCUT2D eigenvalue weighted by Gasteiger charge is -2.40. The maximum absolute atomic E-state index is 6.00. The zero-order valence-electron chi connectivity index (χ0n) is 15.0. The Morgan fingerprint density at radius 2 is 1.21 bits per heavy atom. The second-order valence-electron chi connectivity index (χ2n) is 7.45. The van der Waals surface area contributed by atoms with Gasteiger partial charge in [-0.05, 0) is 24.0 Å². The molecule has 0 radical (unpaired) electrons. The van der Waals surface area contributed by atoms with Gasteiger partial charge >= 0.3 is 0 Å². The van der Waals surface area contributed by atoms with Gasteiger partial charge in [0, 0.05) is 10.8 Å². The first-order valence-electron chi connectivity index (χ1n) is 9.09. The molecule has 0 N–H and O–H groups in total. The van der Waals surface area contributed by atoms with Gasteiger partial charge in [0.1, 0.15) is 0 Å². The van der Waals surface area contributed by atoms with Gasteiger partial charge in [0.15, 0.2) is 0 Å². The van der Waals surface area contributed by atoms with E-state index in [1.807, 2.05) is 0 Å². The van der Waals surface area contributed by atoms with E-state index in [0.29, 0.717) is 13.2 Å². The molecule has 0 bridgehead atoms. The van der Waals surface area contributed by atoms with E-state index < -0.39 is 0 Å². The fourth-order valence-electron chi connectivity index (χ4n) is 3.15. The molecule has 0 aliphatic carbocycles. The largest absolute Gasteiger partial charge is 0.380 e. The second-order valence-corrected chi connectivity index (χ2v) is 7.45. The van der Waals surface area contributed by atoms with Crippen LogP contribution in [0.4, 0.5) is 0 Å². The van der Waals surface area contributed by atoms with Crippen molar-refractivity contribution in [1.29, 1.82) is 0 Å². The predicted octanol–water partition coefficient (Wildman–Crippen LogP) is 3.57. The summed E-state index contributed by atoms with van der Waals surface area (Å²) in [6.45, 7) is 10.6. The topological polar surface area (TPSA) is 36.9 Å². The summed E-state index contributed by atoms with van der Waals surface area (Å²) in [5.41, 5.74) is 2.92. The Morgan fingerprint density at radius 3 is 1.50 bits per heavy atom. The molecule has 2 heterocycles. The van der Waals surface area contributed by atoms with Gasteiger partial charge in [-0.1, -0.05) is 38.1 Å². The molecule has 2 aliphatic rings. The molecule has 2 fully saturated rings. The molecular weight excluding hydrogens is 304 g/mol. The second kappa shape index (κ2) is 7.96. The van der Waals surface area contributed by atoms with Crippen LogP contribution in [-0.4, -0.2) is 39.6 Å². The highest BCUT2D eigenvalue weighted by Crippen LogP contribution is 2.32. The molecule has 0 saturated carbocycles. The Bertz CT molecular complexity index is 462. The highest BCUT2D eigenvalue weighted by atomic mass is 16.5. The summed E-state index contributed by atoms with van der Waals surface area (Å²) in [7, 11) is 0. The van der Waals surface area contributed by atoms with Gasteiger partial charge in [-0.15, -0.1) is 0 Å². The summed E-state index contributed by atoms with van der Waals surface area (Å²) in [4.78, 5) is 0. The highest BCUT2D eigenvalue weighted by molar-refractivity contribution is 5.25. The Balaban J connectivity index is 1.47. The molecule has 2 saturated heterocycles. The summed E-state index contributed by atoms with van der Waals surface area (Å²) in [5, 5.41) is 0. The number of benzene rings is 1. The first kappa shape index (κ1) is 17.9. The smallest absolute Gasteiger partial charge is 0.0720 e. The maximum Gasteiger partial charge on any atom is 0.0720 e. The van der Waals surface area contributed by atoms with Crippen molar-refractivity contribution < 1.29 is 18.9 Å². The van der Waals surface area contributed by atoms with Crippen molar-refractivity contribution in [3.63, 3.8) is 0 Å². The third-order valence-electron chi connectivity index (χ3n) is 5.58. The fourth-order valence-corrected chi connectivity index (χ4v) is 3.15. The fraction of sp³-hybridized carbons (Fsp3) is 0.700. The maximum atomic E-state index is 6.00. The quantitative estimate of drug-likeness (QED) is 0.655. The molecule has 3 rings (SSSR count). The minimum absolute atomic E-state index is 0.239. The minimum Gasteiger partial charge on any atom is -0.380 e. The van der Waals surface area contributed by atoms with Crippen molar-refractivity contribution in [2.24, 2.45) is 10.8 Å².